The largest absolute Gasteiger partial charge is 0.379 e. The van der Waals surface area contributed by atoms with E-state index in [2.05, 4.69) is 0 Å². The Hall–Kier alpha value is -1.76. The molecule has 21 heavy (non-hydrogen) atoms. The Morgan fingerprint density at radius 2 is 1.38 bits per heavy atom. The molecule has 0 aromatic heterocycles. The number of hydrogen-bond donors (Lipinski definition) is 1. The molecule has 2 aromatic carbocycles. The van der Waals surface area contributed by atoms with Crippen molar-refractivity contribution in [2.24, 2.45) is 0 Å². The van der Waals surface area contributed by atoms with E-state index in [1.807, 2.05) is 0 Å². The van der Waals surface area contributed by atoms with Gasteiger partial charge in [-0.2, -0.15) is 12.7 Å². The Morgan fingerprint density at radius 1 is 1.00 bits per heavy atom. The van der Waals surface area contributed by atoms with E-state index in [1.165, 1.54) is 0 Å². The smallest absolute Gasteiger partial charge is 0.374 e. The molecule has 4 nitrogen and oxygen atoms in total. The quantitative estimate of drug-likeness (QED) is 0.860. The topological polar surface area (TPSA) is 57.6 Å². The van der Waals surface area contributed by atoms with Gasteiger partial charge < -0.3 is 5.11 Å². The van der Waals surface area contributed by atoms with Gasteiger partial charge in [-0.3, -0.25) is 0 Å². The standard InChI is InChI=1S/C15H16FNO3S/c1-17(21(16,19)20)12-15(18,13-8-4-2-5-9-13)14-10-6-3-7-11-14/h2-11,18H,12H2,1H3. The van der Waals surface area contributed by atoms with Gasteiger partial charge in [-0.15, -0.1) is 0 Å². The molecule has 0 fully saturated rings. The van der Waals surface area contributed by atoms with E-state index in [1.54, 1.807) is 60.7 Å². The monoisotopic (exact) mass is 309 g/mol. The van der Waals surface area contributed by atoms with Gasteiger partial charge in [0.1, 0.15) is 5.60 Å². The van der Waals surface area contributed by atoms with E-state index in [-0.39, 0.29) is 0 Å². The fraction of sp³-hybridized carbons (Fsp3) is 0.200. The summed E-state index contributed by atoms with van der Waals surface area (Å²) in [6.07, 6.45) is 0. The highest BCUT2D eigenvalue weighted by atomic mass is 32.3. The number of aliphatic hydroxyl groups is 1. The zero-order valence-electron chi connectivity index (χ0n) is 11.5. The lowest BCUT2D eigenvalue weighted by Crippen LogP contribution is -2.41. The summed E-state index contributed by atoms with van der Waals surface area (Å²) in [4.78, 5) is 0. The number of benzene rings is 2. The molecule has 0 radical (unpaired) electrons. The van der Waals surface area contributed by atoms with Crippen LogP contribution in [0.15, 0.2) is 60.7 Å². The molecule has 2 aromatic rings. The maximum atomic E-state index is 13.1. The lowest BCUT2D eigenvalue weighted by molar-refractivity contribution is 0.0627. The van der Waals surface area contributed by atoms with E-state index in [9.17, 15) is 17.4 Å². The van der Waals surface area contributed by atoms with E-state index in [0.29, 0.717) is 15.4 Å². The van der Waals surface area contributed by atoms with Crippen LogP contribution in [0.25, 0.3) is 0 Å². The summed E-state index contributed by atoms with van der Waals surface area (Å²) >= 11 is 0. The van der Waals surface area contributed by atoms with Gasteiger partial charge >= 0.3 is 10.4 Å². The van der Waals surface area contributed by atoms with Crippen molar-refractivity contribution >= 4 is 10.4 Å². The Balaban J connectivity index is 2.50. The molecule has 112 valence electrons. The third-order valence-electron chi connectivity index (χ3n) is 3.33. The summed E-state index contributed by atoms with van der Waals surface area (Å²) < 4.78 is 35.7. The Kier molecular flexibility index (Phi) is 4.41. The van der Waals surface area contributed by atoms with Crippen molar-refractivity contribution in [1.29, 1.82) is 0 Å². The van der Waals surface area contributed by atoms with Gasteiger partial charge in [0.25, 0.3) is 0 Å². The second-order valence-electron chi connectivity index (χ2n) is 4.79. The molecular weight excluding hydrogens is 293 g/mol. The fourth-order valence-corrected chi connectivity index (χ4v) is 2.52. The molecule has 0 saturated carbocycles. The van der Waals surface area contributed by atoms with Crippen LogP contribution in [0.4, 0.5) is 3.89 Å². The Morgan fingerprint density at radius 3 is 1.71 bits per heavy atom. The second kappa shape index (κ2) is 5.93. The first-order chi connectivity index (χ1) is 9.84. The van der Waals surface area contributed by atoms with Crippen LogP contribution < -0.4 is 0 Å². The molecule has 2 rings (SSSR count). The molecule has 0 aliphatic carbocycles. The predicted octanol–water partition coefficient (Wildman–Crippen LogP) is 2.07. The SMILES string of the molecule is CN(CC(O)(c1ccccc1)c1ccccc1)S(=O)(=O)F. The average Bonchev–Trinajstić information content (AvgIpc) is 2.48. The molecule has 0 unspecified atom stereocenters. The van der Waals surface area contributed by atoms with Crippen molar-refractivity contribution in [2.45, 2.75) is 5.60 Å². The molecule has 0 atom stereocenters. The van der Waals surface area contributed by atoms with Crippen LogP contribution in [0.3, 0.4) is 0 Å². The molecule has 0 spiro atoms. The van der Waals surface area contributed by atoms with Gasteiger partial charge in [0.2, 0.25) is 0 Å². The normalized spacial score (nSPS) is 12.6. The molecule has 1 N–H and O–H groups in total. The van der Waals surface area contributed by atoms with Crippen LogP contribution in [0.2, 0.25) is 0 Å². The zero-order valence-corrected chi connectivity index (χ0v) is 12.3. The van der Waals surface area contributed by atoms with Crippen LogP contribution in [0.1, 0.15) is 11.1 Å². The summed E-state index contributed by atoms with van der Waals surface area (Å²) in [5.41, 5.74) is -0.644. The van der Waals surface area contributed by atoms with E-state index >= 15 is 0 Å². The summed E-state index contributed by atoms with van der Waals surface area (Å²) in [5.74, 6) is 0. The lowest BCUT2D eigenvalue weighted by Gasteiger charge is -2.31. The molecule has 0 aliphatic rings. The molecule has 6 heteroatoms. The van der Waals surface area contributed by atoms with Gasteiger partial charge in [-0.25, -0.2) is 0 Å². The first-order valence-corrected chi connectivity index (χ1v) is 7.67. The lowest BCUT2D eigenvalue weighted by atomic mass is 9.86. The first kappa shape index (κ1) is 15.6. The maximum Gasteiger partial charge on any atom is 0.374 e. The number of halogens is 1. The van der Waals surface area contributed by atoms with Gasteiger partial charge in [0, 0.05) is 7.05 Å². The van der Waals surface area contributed by atoms with Crippen molar-refractivity contribution in [3.8, 4) is 0 Å². The zero-order chi connectivity index (χ0) is 15.5. The van der Waals surface area contributed by atoms with Gasteiger partial charge in [0.05, 0.1) is 6.54 Å². The molecule has 0 bridgehead atoms. The van der Waals surface area contributed by atoms with Crippen LogP contribution in [-0.2, 0) is 16.0 Å². The minimum Gasteiger partial charge on any atom is -0.379 e. The molecule has 0 amide bonds. The van der Waals surface area contributed by atoms with Crippen molar-refractivity contribution in [3.63, 3.8) is 0 Å². The van der Waals surface area contributed by atoms with Crippen molar-refractivity contribution in [2.75, 3.05) is 13.6 Å². The van der Waals surface area contributed by atoms with Crippen LogP contribution in [0.5, 0.6) is 0 Å². The van der Waals surface area contributed by atoms with E-state index in [4.69, 9.17) is 0 Å². The van der Waals surface area contributed by atoms with Crippen molar-refractivity contribution < 1.29 is 17.4 Å². The van der Waals surface area contributed by atoms with Gasteiger partial charge in [-0.1, -0.05) is 64.5 Å². The minimum absolute atomic E-state index is 0.417. The summed E-state index contributed by atoms with van der Waals surface area (Å²) in [5, 5.41) is 11.0. The van der Waals surface area contributed by atoms with Crippen LogP contribution in [-0.4, -0.2) is 31.4 Å². The maximum absolute atomic E-state index is 13.1. The minimum atomic E-state index is -4.88. The number of likely N-dealkylation sites (N-methyl/N-ethyl adjacent to an activating group) is 1. The van der Waals surface area contributed by atoms with Crippen LogP contribution in [0, 0.1) is 0 Å². The summed E-state index contributed by atoms with van der Waals surface area (Å²) in [6.45, 7) is -0.417. The predicted molar refractivity (Wildman–Crippen MR) is 78.5 cm³/mol. The van der Waals surface area contributed by atoms with Crippen LogP contribution >= 0.6 is 0 Å². The molecule has 0 saturated heterocycles. The van der Waals surface area contributed by atoms with Gasteiger partial charge in [0.15, 0.2) is 0 Å². The molecular formula is C15H16FNO3S. The number of nitrogens with zero attached hydrogens (tertiary/aromatic N) is 1. The molecule has 0 heterocycles. The third kappa shape index (κ3) is 3.47. The third-order valence-corrected chi connectivity index (χ3v) is 4.20. The van der Waals surface area contributed by atoms with Gasteiger partial charge in [-0.05, 0) is 11.1 Å². The van der Waals surface area contributed by atoms with Crippen molar-refractivity contribution in [1.82, 2.24) is 4.31 Å². The van der Waals surface area contributed by atoms with Crippen molar-refractivity contribution in [3.05, 3.63) is 71.8 Å². The molecule has 0 aliphatic heterocycles. The average molecular weight is 309 g/mol. The van der Waals surface area contributed by atoms with E-state index in [0.717, 1.165) is 7.05 Å². The first-order valence-electron chi connectivity index (χ1n) is 6.33. The highest BCUT2D eigenvalue weighted by molar-refractivity contribution is 7.83. The number of rotatable bonds is 5. The summed E-state index contributed by atoms with van der Waals surface area (Å²) in [6, 6.07) is 17.2. The summed E-state index contributed by atoms with van der Waals surface area (Å²) in [7, 11) is -3.79. The highest BCUT2D eigenvalue weighted by Gasteiger charge is 2.35. The Bertz CT molecular complexity index is 650. The Labute approximate surface area is 123 Å². The highest BCUT2D eigenvalue weighted by Crippen LogP contribution is 2.31. The number of hydrogen-bond acceptors (Lipinski definition) is 3. The van der Waals surface area contributed by atoms with E-state index < -0.39 is 22.6 Å². The fourth-order valence-electron chi connectivity index (χ4n) is 2.18. The second-order valence-corrected chi connectivity index (χ2v) is 6.24.